The molecule has 0 spiro atoms. The van der Waals surface area contributed by atoms with Crippen LogP contribution in [-0.4, -0.2) is 19.2 Å². The van der Waals surface area contributed by atoms with Crippen LogP contribution < -0.4 is 4.74 Å². The zero-order valence-electron chi connectivity index (χ0n) is 11.0. The van der Waals surface area contributed by atoms with Gasteiger partial charge in [-0.25, -0.2) is 0 Å². The molecule has 0 radical (unpaired) electrons. The van der Waals surface area contributed by atoms with Crippen LogP contribution in [0.2, 0.25) is 0 Å². The van der Waals surface area contributed by atoms with Crippen molar-refractivity contribution in [2.24, 2.45) is 0 Å². The van der Waals surface area contributed by atoms with Crippen molar-refractivity contribution in [2.45, 2.75) is 32.6 Å². The second-order valence-corrected chi connectivity index (χ2v) is 4.01. The fraction of sp³-hybridized carbons (Fsp3) is 0.462. The minimum Gasteiger partial charge on any atom is -0.466 e. The van der Waals surface area contributed by atoms with Gasteiger partial charge in [-0.2, -0.15) is 22.0 Å². The maximum absolute atomic E-state index is 12.6. The molecule has 21 heavy (non-hydrogen) atoms. The molecule has 0 aliphatic heterocycles. The normalized spacial score (nSPS) is 11.6. The van der Waals surface area contributed by atoms with Gasteiger partial charge in [-0.05, 0) is 31.0 Å². The van der Waals surface area contributed by atoms with Crippen LogP contribution in [0.25, 0.3) is 0 Å². The molecule has 0 saturated carbocycles. The number of rotatable bonds is 6. The Labute approximate surface area is 117 Å². The molecule has 0 unspecified atom stereocenters. The molecule has 0 aliphatic carbocycles. The van der Waals surface area contributed by atoms with E-state index in [4.69, 9.17) is 0 Å². The Morgan fingerprint density at radius 3 is 2.48 bits per heavy atom. The molecule has 0 aromatic heterocycles. The SMILES string of the molecule is CCOC(=O)CCc1ccc(C(F)(F)F)c(OC(F)F)c1. The maximum Gasteiger partial charge on any atom is 0.419 e. The summed E-state index contributed by atoms with van der Waals surface area (Å²) in [6, 6.07) is 2.62. The maximum atomic E-state index is 12.6. The predicted molar refractivity (Wildman–Crippen MR) is 63.0 cm³/mol. The van der Waals surface area contributed by atoms with Gasteiger partial charge in [0.2, 0.25) is 0 Å². The molecule has 0 bridgehead atoms. The Bertz CT molecular complexity index is 485. The third kappa shape index (κ3) is 5.57. The average Bonchev–Trinajstić information content (AvgIpc) is 2.34. The second kappa shape index (κ2) is 7.24. The summed E-state index contributed by atoms with van der Waals surface area (Å²) in [5, 5.41) is 0. The van der Waals surface area contributed by atoms with E-state index < -0.39 is 30.1 Å². The highest BCUT2D eigenvalue weighted by Crippen LogP contribution is 2.37. The molecule has 1 aromatic carbocycles. The van der Waals surface area contributed by atoms with Crippen LogP contribution in [0.3, 0.4) is 0 Å². The summed E-state index contributed by atoms with van der Waals surface area (Å²) in [6.45, 7) is -1.57. The molecular weight excluding hydrogens is 299 g/mol. The number of alkyl halides is 5. The Morgan fingerprint density at radius 1 is 1.29 bits per heavy atom. The molecular formula is C13H13F5O3. The topological polar surface area (TPSA) is 35.5 Å². The molecule has 0 heterocycles. The standard InChI is InChI=1S/C13H13F5O3/c1-2-20-11(19)6-4-8-3-5-9(13(16,17)18)10(7-8)21-12(14)15/h3,5,7,12H,2,4,6H2,1H3. The van der Waals surface area contributed by atoms with Gasteiger partial charge in [0, 0.05) is 6.42 Å². The minimum atomic E-state index is -4.80. The number of carbonyl (C=O) groups is 1. The van der Waals surface area contributed by atoms with Gasteiger partial charge in [-0.3, -0.25) is 4.79 Å². The number of hydrogen-bond donors (Lipinski definition) is 0. The van der Waals surface area contributed by atoms with Crippen LogP contribution in [0, 0.1) is 0 Å². The zero-order valence-corrected chi connectivity index (χ0v) is 11.0. The second-order valence-electron chi connectivity index (χ2n) is 4.01. The number of halogens is 5. The first kappa shape index (κ1) is 17.2. The Morgan fingerprint density at radius 2 is 1.95 bits per heavy atom. The van der Waals surface area contributed by atoms with Gasteiger partial charge in [0.15, 0.2) is 0 Å². The van der Waals surface area contributed by atoms with E-state index in [0.717, 1.165) is 12.1 Å². The summed E-state index contributed by atoms with van der Waals surface area (Å²) in [7, 11) is 0. The summed E-state index contributed by atoms with van der Waals surface area (Å²) in [6.07, 6.45) is -4.80. The molecule has 1 aromatic rings. The lowest BCUT2D eigenvalue weighted by molar-refractivity contribution is -0.143. The van der Waals surface area contributed by atoms with Gasteiger partial charge in [0.1, 0.15) is 5.75 Å². The van der Waals surface area contributed by atoms with Crippen LogP contribution in [0.5, 0.6) is 5.75 Å². The number of carbonyl (C=O) groups excluding carboxylic acids is 1. The van der Waals surface area contributed by atoms with Crippen molar-refractivity contribution < 1.29 is 36.2 Å². The van der Waals surface area contributed by atoms with Crippen molar-refractivity contribution >= 4 is 5.97 Å². The highest BCUT2D eigenvalue weighted by Gasteiger charge is 2.35. The molecule has 3 nitrogen and oxygen atoms in total. The van der Waals surface area contributed by atoms with Crippen LogP contribution in [0.15, 0.2) is 18.2 Å². The van der Waals surface area contributed by atoms with E-state index in [1.807, 2.05) is 0 Å². The number of esters is 1. The molecule has 0 aliphatic rings. The Balaban J connectivity index is 2.91. The third-order valence-corrected chi connectivity index (χ3v) is 2.49. The van der Waals surface area contributed by atoms with Gasteiger partial charge in [-0.15, -0.1) is 0 Å². The van der Waals surface area contributed by atoms with E-state index in [1.165, 1.54) is 0 Å². The lowest BCUT2D eigenvalue weighted by atomic mass is 10.1. The molecule has 118 valence electrons. The van der Waals surface area contributed by atoms with Crippen molar-refractivity contribution in [1.29, 1.82) is 0 Å². The van der Waals surface area contributed by atoms with Crippen molar-refractivity contribution in [3.05, 3.63) is 29.3 Å². The van der Waals surface area contributed by atoms with Gasteiger partial charge >= 0.3 is 18.8 Å². The first-order valence-corrected chi connectivity index (χ1v) is 6.04. The largest absolute Gasteiger partial charge is 0.466 e. The predicted octanol–water partition coefficient (Wildman–Crippen LogP) is 3.80. The minimum absolute atomic E-state index is 0.0622. The summed E-state index contributed by atoms with van der Waals surface area (Å²) >= 11 is 0. The smallest absolute Gasteiger partial charge is 0.419 e. The number of hydrogen-bond acceptors (Lipinski definition) is 3. The van der Waals surface area contributed by atoms with Crippen molar-refractivity contribution in [1.82, 2.24) is 0 Å². The molecule has 0 atom stereocenters. The number of benzene rings is 1. The molecule has 0 fully saturated rings. The van der Waals surface area contributed by atoms with Crippen LogP contribution in [-0.2, 0) is 22.1 Å². The van der Waals surface area contributed by atoms with E-state index in [-0.39, 0.29) is 25.0 Å². The first-order valence-electron chi connectivity index (χ1n) is 6.04. The first-order chi connectivity index (χ1) is 9.74. The highest BCUT2D eigenvalue weighted by molar-refractivity contribution is 5.69. The van der Waals surface area contributed by atoms with Crippen LogP contribution in [0.1, 0.15) is 24.5 Å². The van der Waals surface area contributed by atoms with E-state index in [0.29, 0.717) is 6.07 Å². The van der Waals surface area contributed by atoms with Crippen molar-refractivity contribution in [3.63, 3.8) is 0 Å². The molecule has 1 rings (SSSR count). The number of ether oxygens (including phenoxy) is 2. The van der Waals surface area contributed by atoms with Gasteiger partial charge in [0.25, 0.3) is 0 Å². The average molecular weight is 312 g/mol. The van der Waals surface area contributed by atoms with E-state index in [2.05, 4.69) is 9.47 Å². The Kier molecular flexibility index (Phi) is 5.92. The zero-order chi connectivity index (χ0) is 16.0. The summed E-state index contributed by atoms with van der Waals surface area (Å²) in [5.74, 6) is -1.48. The highest BCUT2D eigenvalue weighted by atomic mass is 19.4. The lowest BCUT2D eigenvalue weighted by Gasteiger charge is -2.14. The summed E-state index contributed by atoms with van der Waals surface area (Å²) in [5.41, 5.74) is -1.02. The monoisotopic (exact) mass is 312 g/mol. The van der Waals surface area contributed by atoms with E-state index in [1.54, 1.807) is 6.92 Å². The Hall–Kier alpha value is -1.86. The van der Waals surface area contributed by atoms with Gasteiger partial charge in [0.05, 0.1) is 12.2 Å². The fourth-order valence-corrected chi connectivity index (χ4v) is 1.63. The van der Waals surface area contributed by atoms with Crippen LogP contribution >= 0.6 is 0 Å². The number of aryl methyl sites for hydroxylation is 1. The van der Waals surface area contributed by atoms with Gasteiger partial charge in [-0.1, -0.05) is 6.07 Å². The summed E-state index contributed by atoms with van der Waals surface area (Å²) < 4.78 is 70.8. The molecule has 8 heteroatoms. The van der Waals surface area contributed by atoms with Crippen molar-refractivity contribution in [3.8, 4) is 5.75 Å². The molecule has 0 saturated heterocycles. The molecule has 0 amide bonds. The van der Waals surface area contributed by atoms with Crippen molar-refractivity contribution in [2.75, 3.05) is 6.61 Å². The van der Waals surface area contributed by atoms with Crippen LogP contribution in [0.4, 0.5) is 22.0 Å². The third-order valence-electron chi connectivity index (χ3n) is 2.49. The lowest BCUT2D eigenvalue weighted by Crippen LogP contribution is -2.12. The summed E-state index contributed by atoms with van der Waals surface area (Å²) in [4.78, 5) is 11.2. The molecule has 0 N–H and O–H groups in total. The quantitative estimate of drug-likeness (QED) is 0.592. The van der Waals surface area contributed by atoms with E-state index in [9.17, 15) is 26.7 Å². The van der Waals surface area contributed by atoms with E-state index >= 15 is 0 Å². The van der Waals surface area contributed by atoms with Gasteiger partial charge < -0.3 is 9.47 Å². The fourth-order valence-electron chi connectivity index (χ4n) is 1.63.